The molecule has 6 heteroatoms. The minimum Gasteiger partial charge on any atom is -0.307 e. The van der Waals surface area contributed by atoms with Crippen LogP contribution in [0.25, 0.3) is 10.1 Å². The van der Waals surface area contributed by atoms with Crippen LogP contribution in [-0.4, -0.2) is 16.8 Å². The van der Waals surface area contributed by atoms with E-state index in [-0.39, 0.29) is 11.9 Å². The Morgan fingerprint density at radius 3 is 2.95 bits per heavy atom. The zero-order valence-electron chi connectivity index (χ0n) is 11.7. The fraction of sp³-hybridized carbons (Fsp3) is 0.267. The summed E-state index contributed by atoms with van der Waals surface area (Å²) in [6, 6.07) is 6.87. The first-order valence-electron chi connectivity index (χ1n) is 6.71. The van der Waals surface area contributed by atoms with Crippen molar-refractivity contribution >= 4 is 33.0 Å². The number of aryl methyl sites for hydroxylation is 1. The molecule has 0 amide bonds. The summed E-state index contributed by atoms with van der Waals surface area (Å²) in [6.07, 6.45) is 1.66. The SMILES string of the molecule is CCn1ncc(Cl)c1C(NC)c1cc2ccc(F)cc2s1. The minimum atomic E-state index is -0.214. The highest BCUT2D eigenvalue weighted by atomic mass is 35.5. The third kappa shape index (κ3) is 2.57. The number of nitrogens with one attached hydrogen (secondary N) is 1. The Morgan fingerprint density at radius 2 is 2.24 bits per heavy atom. The van der Waals surface area contributed by atoms with Crippen molar-refractivity contribution in [3.05, 3.63) is 51.9 Å². The van der Waals surface area contributed by atoms with Gasteiger partial charge in [0.25, 0.3) is 0 Å². The van der Waals surface area contributed by atoms with Gasteiger partial charge in [0, 0.05) is 16.1 Å². The van der Waals surface area contributed by atoms with Crippen LogP contribution in [0, 0.1) is 5.82 Å². The predicted octanol–water partition coefficient (Wildman–Crippen LogP) is 4.22. The fourth-order valence-corrected chi connectivity index (χ4v) is 3.95. The number of halogens is 2. The van der Waals surface area contributed by atoms with Crippen LogP contribution in [0.2, 0.25) is 5.02 Å². The number of aromatic nitrogens is 2. The molecule has 0 saturated carbocycles. The molecule has 0 bridgehead atoms. The molecule has 3 rings (SSSR count). The van der Waals surface area contributed by atoms with Crippen molar-refractivity contribution in [3.63, 3.8) is 0 Å². The largest absolute Gasteiger partial charge is 0.307 e. The molecule has 0 aliphatic carbocycles. The molecule has 0 radical (unpaired) electrons. The lowest BCUT2D eigenvalue weighted by Crippen LogP contribution is -2.20. The van der Waals surface area contributed by atoms with Gasteiger partial charge in [0.2, 0.25) is 0 Å². The normalized spacial score (nSPS) is 13.0. The van der Waals surface area contributed by atoms with Gasteiger partial charge in [-0.1, -0.05) is 17.7 Å². The smallest absolute Gasteiger partial charge is 0.124 e. The van der Waals surface area contributed by atoms with Gasteiger partial charge in [-0.05, 0) is 37.6 Å². The first kappa shape index (κ1) is 14.5. The van der Waals surface area contributed by atoms with E-state index in [0.717, 1.165) is 27.2 Å². The molecule has 0 saturated heterocycles. The fourth-order valence-electron chi connectivity index (χ4n) is 2.49. The number of thiophene rings is 1. The van der Waals surface area contributed by atoms with E-state index < -0.39 is 0 Å². The lowest BCUT2D eigenvalue weighted by atomic mass is 10.1. The summed E-state index contributed by atoms with van der Waals surface area (Å²) in [5, 5.41) is 9.25. The van der Waals surface area contributed by atoms with E-state index in [1.54, 1.807) is 29.7 Å². The van der Waals surface area contributed by atoms with E-state index in [4.69, 9.17) is 11.6 Å². The number of hydrogen-bond acceptors (Lipinski definition) is 3. The molecule has 2 aromatic heterocycles. The summed E-state index contributed by atoms with van der Waals surface area (Å²) in [4.78, 5) is 1.09. The maximum Gasteiger partial charge on any atom is 0.124 e. The number of fused-ring (bicyclic) bond motifs is 1. The van der Waals surface area contributed by atoms with Gasteiger partial charge in [0.1, 0.15) is 5.82 Å². The summed E-state index contributed by atoms with van der Waals surface area (Å²) in [6.45, 7) is 2.78. The number of benzene rings is 1. The predicted molar refractivity (Wildman–Crippen MR) is 85.6 cm³/mol. The van der Waals surface area contributed by atoms with E-state index in [1.807, 2.05) is 18.7 Å². The third-order valence-corrected chi connectivity index (χ3v) is 4.93. The van der Waals surface area contributed by atoms with Gasteiger partial charge < -0.3 is 5.32 Å². The number of nitrogens with zero attached hydrogens (tertiary/aromatic N) is 2. The van der Waals surface area contributed by atoms with Crippen LogP contribution in [0.15, 0.2) is 30.5 Å². The van der Waals surface area contributed by atoms with Gasteiger partial charge in [0.15, 0.2) is 0 Å². The molecule has 1 N–H and O–H groups in total. The molecular weight excluding hydrogens is 309 g/mol. The Morgan fingerprint density at radius 1 is 1.43 bits per heavy atom. The van der Waals surface area contributed by atoms with Crippen molar-refractivity contribution < 1.29 is 4.39 Å². The number of rotatable bonds is 4. The second-order valence-corrected chi connectivity index (χ2v) is 6.27. The Hall–Kier alpha value is -1.43. The van der Waals surface area contributed by atoms with E-state index in [2.05, 4.69) is 16.5 Å². The van der Waals surface area contributed by atoms with Crippen LogP contribution in [-0.2, 0) is 6.54 Å². The molecule has 1 unspecified atom stereocenters. The zero-order valence-corrected chi connectivity index (χ0v) is 13.3. The highest BCUT2D eigenvalue weighted by molar-refractivity contribution is 7.19. The van der Waals surface area contributed by atoms with Gasteiger partial charge in [-0.25, -0.2) is 4.39 Å². The third-order valence-electron chi connectivity index (χ3n) is 3.48. The zero-order chi connectivity index (χ0) is 15.0. The van der Waals surface area contributed by atoms with Gasteiger partial charge in [0.05, 0.1) is 23.0 Å². The molecule has 3 nitrogen and oxygen atoms in total. The van der Waals surface area contributed by atoms with E-state index in [0.29, 0.717) is 5.02 Å². The lowest BCUT2D eigenvalue weighted by Gasteiger charge is -2.16. The summed E-state index contributed by atoms with van der Waals surface area (Å²) >= 11 is 7.86. The highest BCUT2D eigenvalue weighted by Gasteiger charge is 2.22. The molecule has 0 spiro atoms. The molecular formula is C15H15ClFN3S. The second-order valence-electron chi connectivity index (χ2n) is 4.75. The second kappa shape index (κ2) is 5.75. The van der Waals surface area contributed by atoms with Crippen LogP contribution in [0.5, 0.6) is 0 Å². The maximum absolute atomic E-state index is 13.3. The lowest BCUT2D eigenvalue weighted by molar-refractivity contribution is 0.568. The van der Waals surface area contributed by atoms with Crippen molar-refractivity contribution in [1.82, 2.24) is 15.1 Å². The molecule has 110 valence electrons. The maximum atomic E-state index is 13.3. The van der Waals surface area contributed by atoms with Crippen LogP contribution in [0.3, 0.4) is 0 Å². The summed E-state index contributed by atoms with van der Waals surface area (Å²) in [7, 11) is 1.89. The average Bonchev–Trinajstić information content (AvgIpc) is 3.04. The van der Waals surface area contributed by atoms with Crippen LogP contribution >= 0.6 is 22.9 Å². The van der Waals surface area contributed by atoms with Crippen LogP contribution < -0.4 is 5.32 Å². The van der Waals surface area contributed by atoms with Crippen molar-refractivity contribution in [2.24, 2.45) is 0 Å². The molecule has 1 aromatic carbocycles. The van der Waals surface area contributed by atoms with Gasteiger partial charge in [-0.3, -0.25) is 4.68 Å². The van der Waals surface area contributed by atoms with E-state index >= 15 is 0 Å². The molecule has 0 aliphatic rings. The molecule has 3 aromatic rings. The Bertz CT molecular complexity index is 780. The van der Waals surface area contributed by atoms with Crippen molar-refractivity contribution in [2.45, 2.75) is 19.5 Å². The Labute approximate surface area is 131 Å². The van der Waals surface area contributed by atoms with E-state index in [9.17, 15) is 4.39 Å². The van der Waals surface area contributed by atoms with Crippen molar-refractivity contribution in [3.8, 4) is 0 Å². The van der Waals surface area contributed by atoms with Gasteiger partial charge in [-0.15, -0.1) is 11.3 Å². The Kier molecular flexibility index (Phi) is 3.97. The summed E-state index contributed by atoms with van der Waals surface area (Å²) < 4.78 is 16.2. The molecule has 1 atom stereocenters. The topological polar surface area (TPSA) is 29.9 Å². The van der Waals surface area contributed by atoms with Crippen LogP contribution in [0.4, 0.5) is 4.39 Å². The van der Waals surface area contributed by atoms with Crippen LogP contribution in [0.1, 0.15) is 23.5 Å². The first-order chi connectivity index (χ1) is 10.1. The summed E-state index contributed by atoms with van der Waals surface area (Å²) in [5.74, 6) is -0.214. The van der Waals surface area contributed by atoms with Gasteiger partial charge >= 0.3 is 0 Å². The molecule has 0 aliphatic heterocycles. The van der Waals surface area contributed by atoms with Gasteiger partial charge in [-0.2, -0.15) is 5.10 Å². The monoisotopic (exact) mass is 323 g/mol. The molecule has 21 heavy (non-hydrogen) atoms. The average molecular weight is 324 g/mol. The minimum absolute atomic E-state index is 0.0552. The van der Waals surface area contributed by atoms with E-state index in [1.165, 1.54) is 6.07 Å². The molecule has 2 heterocycles. The molecule has 0 fully saturated rings. The quantitative estimate of drug-likeness (QED) is 0.779. The van der Waals surface area contributed by atoms with Crippen molar-refractivity contribution in [2.75, 3.05) is 7.05 Å². The standard InChI is InChI=1S/C15H15ClFN3S/c1-3-20-15(11(16)8-19-20)14(18-2)13-6-9-4-5-10(17)7-12(9)21-13/h4-8,14,18H,3H2,1-2H3. The Balaban J connectivity index is 2.11. The first-order valence-corrected chi connectivity index (χ1v) is 7.91. The van der Waals surface area contributed by atoms with Crippen molar-refractivity contribution in [1.29, 1.82) is 0 Å². The summed E-state index contributed by atoms with van der Waals surface area (Å²) in [5.41, 5.74) is 0.939. The highest BCUT2D eigenvalue weighted by Crippen LogP contribution is 2.35. The number of hydrogen-bond donors (Lipinski definition) is 1.